The molecule has 0 radical (unpaired) electrons. The molecule has 0 aliphatic rings. The molecular weight excluding hydrogens is 257 g/mol. The molecule has 1 unspecified atom stereocenters. The highest BCUT2D eigenvalue weighted by Crippen LogP contribution is 2.20. The van der Waals surface area contributed by atoms with Gasteiger partial charge >= 0.3 is 0 Å². The Morgan fingerprint density at radius 3 is 2.61 bits per heavy atom. The second-order valence-electron chi connectivity index (χ2n) is 4.06. The molecule has 1 aromatic carbocycles. The average molecular weight is 275 g/mol. The molecule has 6 heteroatoms. The molecule has 0 spiro atoms. The maximum Gasteiger partial charge on any atom is 0.153 e. The highest BCUT2D eigenvalue weighted by Gasteiger charge is 2.10. The van der Waals surface area contributed by atoms with Crippen molar-refractivity contribution < 1.29 is 17.5 Å². The topological polar surface area (TPSA) is 69.4 Å². The van der Waals surface area contributed by atoms with Crippen LogP contribution in [-0.4, -0.2) is 26.5 Å². The molecule has 0 heterocycles. The summed E-state index contributed by atoms with van der Waals surface area (Å²) in [6, 6.07) is 3.96. The molecule has 0 saturated heterocycles. The van der Waals surface area contributed by atoms with Crippen LogP contribution in [0.25, 0.3) is 0 Å². The predicted molar refractivity (Wildman–Crippen MR) is 68.8 cm³/mol. The first-order valence-corrected chi connectivity index (χ1v) is 7.56. The van der Waals surface area contributed by atoms with Crippen LogP contribution in [0.2, 0.25) is 0 Å². The quantitative estimate of drug-likeness (QED) is 0.857. The summed E-state index contributed by atoms with van der Waals surface area (Å²) in [4.78, 5) is 0. The van der Waals surface area contributed by atoms with Gasteiger partial charge in [-0.25, -0.2) is 12.8 Å². The third-order valence-electron chi connectivity index (χ3n) is 2.57. The van der Waals surface area contributed by atoms with Crippen molar-refractivity contribution in [2.75, 3.05) is 18.1 Å². The molecular formula is C12H18FNO3S. The Morgan fingerprint density at radius 2 is 2.11 bits per heavy atom. The van der Waals surface area contributed by atoms with E-state index in [1.54, 1.807) is 26.0 Å². The van der Waals surface area contributed by atoms with Crippen LogP contribution in [0.1, 0.15) is 25.5 Å². The molecule has 0 bridgehead atoms. The number of hydrogen-bond donors (Lipinski definition) is 1. The molecule has 102 valence electrons. The highest BCUT2D eigenvalue weighted by molar-refractivity contribution is 7.91. The number of nitrogens with two attached hydrogens (primary N) is 1. The van der Waals surface area contributed by atoms with Crippen molar-refractivity contribution in [3.8, 4) is 5.75 Å². The van der Waals surface area contributed by atoms with E-state index >= 15 is 0 Å². The molecule has 1 rings (SSSR count). The summed E-state index contributed by atoms with van der Waals surface area (Å²) < 4.78 is 41.2. The van der Waals surface area contributed by atoms with Crippen LogP contribution in [0.5, 0.6) is 5.75 Å². The van der Waals surface area contributed by atoms with Gasteiger partial charge in [-0.2, -0.15) is 0 Å². The number of sulfone groups is 1. The van der Waals surface area contributed by atoms with Gasteiger partial charge in [0.2, 0.25) is 0 Å². The van der Waals surface area contributed by atoms with E-state index in [4.69, 9.17) is 10.5 Å². The summed E-state index contributed by atoms with van der Waals surface area (Å²) in [7, 11) is -3.06. The predicted octanol–water partition coefficient (Wildman–Crippen LogP) is 1.66. The van der Waals surface area contributed by atoms with Crippen molar-refractivity contribution in [2.45, 2.75) is 19.9 Å². The summed E-state index contributed by atoms with van der Waals surface area (Å²) in [6.07, 6.45) is 0. The molecule has 4 nitrogen and oxygen atoms in total. The van der Waals surface area contributed by atoms with Crippen LogP contribution in [-0.2, 0) is 9.84 Å². The first-order chi connectivity index (χ1) is 8.35. The monoisotopic (exact) mass is 275 g/mol. The fraction of sp³-hybridized carbons (Fsp3) is 0.500. The molecule has 0 aliphatic carbocycles. The van der Waals surface area contributed by atoms with Gasteiger partial charge in [0.1, 0.15) is 18.2 Å². The Kier molecular flexibility index (Phi) is 5.10. The van der Waals surface area contributed by atoms with Crippen LogP contribution >= 0.6 is 0 Å². The van der Waals surface area contributed by atoms with Gasteiger partial charge in [0, 0.05) is 23.4 Å². The van der Waals surface area contributed by atoms with Gasteiger partial charge in [-0.15, -0.1) is 0 Å². The van der Waals surface area contributed by atoms with Gasteiger partial charge in [-0.3, -0.25) is 0 Å². The van der Waals surface area contributed by atoms with Crippen molar-refractivity contribution in [1.82, 2.24) is 0 Å². The average Bonchev–Trinajstić information content (AvgIpc) is 2.28. The zero-order chi connectivity index (χ0) is 13.8. The molecule has 0 aromatic heterocycles. The standard InChI is InChI=1S/C12H18FNO3S/c1-3-18(15,16)7-6-17-10-4-5-11(9(2)14)12(13)8-10/h4-5,8-9H,3,6-7,14H2,1-2H3. The zero-order valence-corrected chi connectivity index (χ0v) is 11.3. The van der Waals surface area contributed by atoms with E-state index < -0.39 is 15.7 Å². The van der Waals surface area contributed by atoms with Crippen LogP contribution in [0.3, 0.4) is 0 Å². The lowest BCUT2D eigenvalue weighted by molar-refractivity contribution is 0.338. The lowest BCUT2D eigenvalue weighted by Crippen LogP contribution is -2.15. The fourth-order valence-corrected chi connectivity index (χ4v) is 2.02. The third kappa shape index (κ3) is 4.27. The maximum atomic E-state index is 13.6. The molecule has 0 amide bonds. The van der Waals surface area contributed by atoms with Crippen molar-refractivity contribution in [3.05, 3.63) is 29.6 Å². The normalized spacial score (nSPS) is 13.3. The number of halogens is 1. The van der Waals surface area contributed by atoms with Crippen molar-refractivity contribution in [1.29, 1.82) is 0 Å². The minimum atomic E-state index is -3.06. The summed E-state index contributed by atoms with van der Waals surface area (Å²) in [5.74, 6) is -0.127. The first kappa shape index (κ1) is 14.9. The zero-order valence-electron chi connectivity index (χ0n) is 10.5. The summed E-state index contributed by atoms with van der Waals surface area (Å²) in [6.45, 7) is 3.28. The van der Waals surface area contributed by atoms with Crippen molar-refractivity contribution in [3.63, 3.8) is 0 Å². The van der Waals surface area contributed by atoms with Gasteiger partial charge in [0.05, 0.1) is 5.75 Å². The highest BCUT2D eigenvalue weighted by atomic mass is 32.2. The largest absolute Gasteiger partial charge is 0.492 e. The fourth-order valence-electron chi connectivity index (χ4n) is 1.40. The Hall–Kier alpha value is -1.14. The Labute approximate surface area is 107 Å². The van der Waals surface area contributed by atoms with Crippen LogP contribution in [0.15, 0.2) is 18.2 Å². The molecule has 2 N–H and O–H groups in total. The Bertz CT molecular complexity index is 500. The molecule has 18 heavy (non-hydrogen) atoms. The van der Waals surface area contributed by atoms with E-state index in [0.29, 0.717) is 11.3 Å². The van der Waals surface area contributed by atoms with Crippen LogP contribution in [0.4, 0.5) is 4.39 Å². The molecule has 0 saturated carbocycles. The van der Waals surface area contributed by atoms with Gasteiger partial charge in [-0.05, 0) is 13.0 Å². The van der Waals surface area contributed by atoms with Gasteiger partial charge in [0.15, 0.2) is 9.84 Å². The molecule has 0 fully saturated rings. The Morgan fingerprint density at radius 1 is 1.44 bits per heavy atom. The maximum absolute atomic E-state index is 13.6. The van der Waals surface area contributed by atoms with E-state index in [2.05, 4.69) is 0 Å². The van der Waals surface area contributed by atoms with Gasteiger partial charge in [0.25, 0.3) is 0 Å². The smallest absolute Gasteiger partial charge is 0.153 e. The van der Waals surface area contributed by atoms with Crippen LogP contribution in [0, 0.1) is 5.82 Å². The minimum absolute atomic E-state index is 0.0210. The van der Waals surface area contributed by atoms with Crippen LogP contribution < -0.4 is 10.5 Å². The van der Waals surface area contributed by atoms with E-state index in [-0.39, 0.29) is 24.2 Å². The number of hydrogen-bond acceptors (Lipinski definition) is 4. The summed E-state index contributed by atoms with van der Waals surface area (Å²) >= 11 is 0. The van der Waals surface area contributed by atoms with Crippen molar-refractivity contribution in [2.24, 2.45) is 5.73 Å². The van der Waals surface area contributed by atoms with Crippen molar-refractivity contribution >= 4 is 9.84 Å². The van der Waals surface area contributed by atoms with E-state index in [1.807, 2.05) is 0 Å². The summed E-state index contributed by atoms with van der Waals surface area (Å²) in [5.41, 5.74) is 5.99. The molecule has 1 atom stereocenters. The number of ether oxygens (including phenoxy) is 1. The lowest BCUT2D eigenvalue weighted by Gasteiger charge is -2.10. The first-order valence-electron chi connectivity index (χ1n) is 5.74. The van der Waals surface area contributed by atoms with E-state index in [1.165, 1.54) is 6.07 Å². The van der Waals surface area contributed by atoms with E-state index in [9.17, 15) is 12.8 Å². The number of rotatable bonds is 6. The molecule has 0 aliphatic heterocycles. The number of benzene rings is 1. The second kappa shape index (κ2) is 6.15. The second-order valence-corrected chi connectivity index (χ2v) is 6.53. The SMILES string of the molecule is CCS(=O)(=O)CCOc1ccc(C(C)N)c(F)c1. The lowest BCUT2D eigenvalue weighted by atomic mass is 10.1. The summed E-state index contributed by atoms with van der Waals surface area (Å²) in [5, 5.41) is 0. The Balaban J connectivity index is 2.62. The van der Waals surface area contributed by atoms with Gasteiger partial charge in [-0.1, -0.05) is 13.0 Å². The molecule has 1 aromatic rings. The van der Waals surface area contributed by atoms with Gasteiger partial charge < -0.3 is 10.5 Å². The van der Waals surface area contributed by atoms with E-state index in [0.717, 1.165) is 0 Å². The minimum Gasteiger partial charge on any atom is -0.492 e. The third-order valence-corrected chi connectivity index (χ3v) is 4.23.